The molecule has 0 saturated carbocycles. The van der Waals surface area contributed by atoms with Crippen molar-refractivity contribution in [3.05, 3.63) is 33.9 Å². The van der Waals surface area contributed by atoms with E-state index in [4.69, 9.17) is 5.73 Å². The van der Waals surface area contributed by atoms with Crippen LogP contribution in [0.15, 0.2) is 17.2 Å². The van der Waals surface area contributed by atoms with Crippen molar-refractivity contribution >= 4 is 5.82 Å². The van der Waals surface area contributed by atoms with E-state index in [1.54, 1.807) is 12.4 Å². The number of aromatic amines is 1. The maximum Gasteiger partial charge on any atom is 0.256 e. The van der Waals surface area contributed by atoms with E-state index >= 15 is 0 Å². The van der Waals surface area contributed by atoms with Crippen molar-refractivity contribution in [2.45, 2.75) is 26.7 Å². The summed E-state index contributed by atoms with van der Waals surface area (Å²) in [7, 11) is 0. The highest BCUT2D eigenvalue weighted by Crippen LogP contribution is 2.11. The van der Waals surface area contributed by atoms with Crippen molar-refractivity contribution < 1.29 is 0 Å². The lowest BCUT2D eigenvalue weighted by Gasteiger charge is -2.05. The third-order valence-corrected chi connectivity index (χ3v) is 2.54. The molecule has 18 heavy (non-hydrogen) atoms. The van der Waals surface area contributed by atoms with Crippen LogP contribution in [0.3, 0.4) is 0 Å². The fourth-order valence-electron chi connectivity index (χ4n) is 1.63. The molecule has 0 amide bonds. The van der Waals surface area contributed by atoms with Crippen LogP contribution in [0.2, 0.25) is 0 Å². The van der Waals surface area contributed by atoms with Crippen LogP contribution >= 0.6 is 0 Å². The first-order valence-electron chi connectivity index (χ1n) is 5.79. The van der Waals surface area contributed by atoms with Crippen molar-refractivity contribution in [3.8, 4) is 11.6 Å². The molecule has 0 radical (unpaired) electrons. The van der Waals surface area contributed by atoms with Gasteiger partial charge in [-0.05, 0) is 18.9 Å². The van der Waals surface area contributed by atoms with Crippen molar-refractivity contribution in [2.75, 3.05) is 5.73 Å². The van der Waals surface area contributed by atoms with Crippen molar-refractivity contribution in [2.24, 2.45) is 0 Å². The molecule has 2 aromatic heterocycles. The standard InChI is InChI=1S/C12H15N5O/c1-3-4-8-9(13)16-11(17-12(8)18)10-14-5-7(2)6-15-10/h5-6H,3-4H2,1-2H3,(H3,13,16,17,18). The normalized spacial score (nSPS) is 10.6. The Morgan fingerprint density at radius 2 is 2.00 bits per heavy atom. The van der Waals surface area contributed by atoms with E-state index in [1.807, 2.05) is 13.8 Å². The van der Waals surface area contributed by atoms with Crippen LogP contribution in [0.5, 0.6) is 0 Å². The predicted molar refractivity (Wildman–Crippen MR) is 69.0 cm³/mol. The second-order valence-electron chi connectivity index (χ2n) is 4.11. The number of H-pyrrole nitrogens is 1. The molecule has 0 bridgehead atoms. The molecule has 3 N–H and O–H groups in total. The lowest BCUT2D eigenvalue weighted by Crippen LogP contribution is -2.18. The summed E-state index contributed by atoms with van der Waals surface area (Å²) in [6.45, 7) is 3.87. The van der Waals surface area contributed by atoms with Crippen LogP contribution in [0, 0.1) is 6.92 Å². The van der Waals surface area contributed by atoms with E-state index in [0.717, 1.165) is 12.0 Å². The lowest BCUT2D eigenvalue weighted by molar-refractivity contribution is 0.888. The van der Waals surface area contributed by atoms with E-state index in [0.29, 0.717) is 23.6 Å². The first kappa shape index (κ1) is 12.2. The maximum atomic E-state index is 11.9. The molecule has 0 aliphatic rings. The number of nitrogens with two attached hydrogens (primary N) is 1. The van der Waals surface area contributed by atoms with Gasteiger partial charge in [-0.1, -0.05) is 13.3 Å². The second-order valence-corrected chi connectivity index (χ2v) is 4.11. The lowest BCUT2D eigenvalue weighted by atomic mass is 10.2. The minimum Gasteiger partial charge on any atom is -0.383 e. The summed E-state index contributed by atoms with van der Waals surface area (Å²) in [6, 6.07) is 0. The number of hydrogen-bond acceptors (Lipinski definition) is 5. The first-order valence-corrected chi connectivity index (χ1v) is 5.79. The predicted octanol–water partition coefficient (Wildman–Crippen LogP) is 1.07. The average molecular weight is 245 g/mol. The summed E-state index contributed by atoms with van der Waals surface area (Å²) >= 11 is 0. The van der Waals surface area contributed by atoms with Crippen molar-refractivity contribution in [1.82, 2.24) is 19.9 Å². The van der Waals surface area contributed by atoms with E-state index in [2.05, 4.69) is 19.9 Å². The van der Waals surface area contributed by atoms with Crippen LogP contribution in [-0.4, -0.2) is 19.9 Å². The van der Waals surface area contributed by atoms with Crippen LogP contribution in [0.25, 0.3) is 11.6 Å². The minimum absolute atomic E-state index is 0.219. The van der Waals surface area contributed by atoms with Gasteiger partial charge < -0.3 is 10.7 Å². The van der Waals surface area contributed by atoms with E-state index in [-0.39, 0.29) is 11.4 Å². The molecular weight excluding hydrogens is 230 g/mol. The maximum absolute atomic E-state index is 11.9. The van der Waals surface area contributed by atoms with Gasteiger partial charge in [0.2, 0.25) is 0 Å². The molecule has 6 nitrogen and oxygen atoms in total. The molecular formula is C12H15N5O. The zero-order valence-corrected chi connectivity index (χ0v) is 10.4. The Morgan fingerprint density at radius 3 is 2.56 bits per heavy atom. The zero-order valence-electron chi connectivity index (χ0n) is 10.4. The number of rotatable bonds is 3. The Labute approximate surface area is 104 Å². The van der Waals surface area contributed by atoms with Gasteiger partial charge in [-0.3, -0.25) is 4.79 Å². The molecule has 2 heterocycles. The molecule has 0 fully saturated rings. The number of aromatic nitrogens is 4. The summed E-state index contributed by atoms with van der Waals surface area (Å²) in [4.78, 5) is 26.9. The van der Waals surface area contributed by atoms with Gasteiger partial charge in [0.05, 0.1) is 5.56 Å². The van der Waals surface area contributed by atoms with Crippen LogP contribution in [0.1, 0.15) is 24.5 Å². The van der Waals surface area contributed by atoms with E-state index in [9.17, 15) is 4.79 Å². The third kappa shape index (κ3) is 2.37. The summed E-state index contributed by atoms with van der Waals surface area (Å²) in [6.07, 6.45) is 4.79. The van der Waals surface area contributed by atoms with Crippen molar-refractivity contribution in [3.63, 3.8) is 0 Å². The number of nitrogens with zero attached hydrogens (tertiary/aromatic N) is 3. The van der Waals surface area contributed by atoms with Gasteiger partial charge in [-0.25, -0.2) is 15.0 Å². The Bertz CT molecular complexity index is 603. The van der Waals surface area contributed by atoms with Gasteiger partial charge in [0, 0.05) is 12.4 Å². The molecule has 0 unspecified atom stereocenters. The highest BCUT2D eigenvalue weighted by atomic mass is 16.1. The van der Waals surface area contributed by atoms with Gasteiger partial charge in [-0.2, -0.15) is 0 Å². The third-order valence-electron chi connectivity index (χ3n) is 2.54. The van der Waals surface area contributed by atoms with Crippen molar-refractivity contribution in [1.29, 1.82) is 0 Å². The van der Waals surface area contributed by atoms with Crippen LogP contribution in [-0.2, 0) is 6.42 Å². The minimum atomic E-state index is -0.219. The van der Waals surface area contributed by atoms with Gasteiger partial charge >= 0.3 is 0 Å². The first-order chi connectivity index (χ1) is 8.61. The molecule has 2 rings (SSSR count). The molecule has 0 aromatic carbocycles. The Balaban J connectivity index is 2.48. The second kappa shape index (κ2) is 4.95. The van der Waals surface area contributed by atoms with E-state index < -0.39 is 0 Å². The summed E-state index contributed by atoms with van der Waals surface area (Å²) < 4.78 is 0. The molecule has 0 saturated heterocycles. The average Bonchev–Trinajstić information content (AvgIpc) is 2.34. The number of nitrogen functional groups attached to an aromatic ring is 1. The number of aryl methyl sites for hydroxylation is 1. The molecule has 0 aliphatic heterocycles. The molecule has 2 aromatic rings. The van der Waals surface area contributed by atoms with Gasteiger partial charge in [-0.15, -0.1) is 0 Å². The smallest absolute Gasteiger partial charge is 0.256 e. The van der Waals surface area contributed by atoms with Crippen LogP contribution in [0.4, 0.5) is 5.82 Å². The van der Waals surface area contributed by atoms with E-state index in [1.165, 1.54) is 0 Å². The molecule has 94 valence electrons. The van der Waals surface area contributed by atoms with Crippen LogP contribution < -0.4 is 11.3 Å². The SMILES string of the molecule is CCCc1c(N)nc(-c2ncc(C)cn2)[nH]c1=O. The van der Waals surface area contributed by atoms with Gasteiger partial charge in [0.1, 0.15) is 5.82 Å². The molecule has 0 spiro atoms. The highest BCUT2D eigenvalue weighted by molar-refractivity contribution is 5.49. The Hall–Kier alpha value is -2.24. The Kier molecular flexibility index (Phi) is 3.36. The Morgan fingerprint density at radius 1 is 1.33 bits per heavy atom. The molecule has 0 aliphatic carbocycles. The largest absolute Gasteiger partial charge is 0.383 e. The summed E-state index contributed by atoms with van der Waals surface area (Å²) in [5, 5.41) is 0. The summed E-state index contributed by atoms with van der Waals surface area (Å²) in [5.74, 6) is 0.921. The highest BCUT2D eigenvalue weighted by Gasteiger charge is 2.10. The number of hydrogen-bond donors (Lipinski definition) is 2. The van der Waals surface area contributed by atoms with Gasteiger partial charge in [0.25, 0.3) is 5.56 Å². The molecule has 0 atom stereocenters. The quantitative estimate of drug-likeness (QED) is 0.842. The zero-order chi connectivity index (χ0) is 13.1. The fraction of sp³-hybridized carbons (Fsp3) is 0.333. The topological polar surface area (TPSA) is 97.5 Å². The summed E-state index contributed by atoms with van der Waals surface area (Å²) in [5.41, 5.74) is 7.03. The number of anilines is 1. The monoisotopic (exact) mass is 245 g/mol. The van der Waals surface area contributed by atoms with Gasteiger partial charge in [0.15, 0.2) is 11.6 Å². The molecule has 6 heteroatoms. The number of nitrogens with one attached hydrogen (secondary N) is 1. The fourth-order valence-corrected chi connectivity index (χ4v) is 1.63.